The molecule has 0 radical (unpaired) electrons. The maximum absolute atomic E-state index is 10.2. The molecule has 1 saturated heterocycles. The summed E-state index contributed by atoms with van der Waals surface area (Å²) in [6.45, 7) is 7.82. The quantitative estimate of drug-likeness (QED) is 0.751. The normalized spacial score (nSPS) is 59.7. The average molecular weight is 377 g/mol. The van der Waals surface area contributed by atoms with Gasteiger partial charge in [-0.3, -0.25) is 0 Å². The largest absolute Gasteiger partial charge is 0.396 e. The minimum atomic E-state index is -0.0444. The van der Waals surface area contributed by atoms with E-state index in [1.165, 1.54) is 38.5 Å². The zero-order chi connectivity index (χ0) is 19.0. The van der Waals surface area contributed by atoms with Gasteiger partial charge in [-0.25, -0.2) is 0 Å². The van der Waals surface area contributed by atoms with Crippen LogP contribution in [0.2, 0.25) is 0 Å². The first-order chi connectivity index (χ1) is 12.9. The van der Waals surface area contributed by atoms with Crippen LogP contribution in [-0.4, -0.2) is 35.1 Å². The van der Waals surface area contributed by atoms with Gasteiger partial charge < -0.3 is 14.9 Å². The molecule has 0 aromatic heterocycles. The molecule has 11 atom stereocenters. The molecule has 5 fully saturated rings. The Balaban J connectivity index is 1.40. The van der Waals surface area contributed by atoms with Crippen LogP contribution in [-0.2, 0) is 4.74 Å². The highest BCUT2D eigenvalue weighted by Crippen LogP contribution is 2.70. The lowest BCUT2D eigenvalue weighted by Crippen LogP contribution is -2.54. The minimum Gasteiger partial charge on any atom is -0.396 e. The Morgan fingerprint density at radius 3 is 2.52 bits per heavy atom. The van der Waals surface area contributed by atoms with E-state index in [1.807, 2.05) is 0 Å². The Kier molecular flexibility index (Phi) is 4.50. The van der Waals surface area contributed by atoms with Gasteiger partial charge in [0.2, 0.25) is 0 Å². The maximum atomic E-state index is 10.2. The Hall–Kier alpha value is -0.120. The van der Waals surface area contributed by atoms with Crippen LogP contribution in [0.1, 0.15) is 78.6 Å². The van der Waals surface area contributed by atoms with Crippen molar-refractivity contribution in [3.05, 3.63) is 0 Å². The van der Waals surface area contributed by atoms with Gasteiger partial charge in [-0.2, -0.15) is 0 Å². The van der Waals surface area contributed by atoms with E-state index in [4.69, 9.17) is 4.74 Å². The molecule has 5 rings (SSSR count). The van der Waals surface area contributed by atoms with Gasteiger partial charge in [-0.1, -0.05) is 20.8 Å². The first-order valence-corrected chi connectivity index (χ1v) is 11.8. The SMILES string of the molecule is C[C@@H]1C(CCO)OC2C[C@H]3[C@@H]4CCC5CC(O)CC[C@]5(C)[C@H]4CC[C@]3(C)[C@H]21. The standard InChI is InChI=1S/C24H40O3/c1-14-20(8-11-25)27-21-13-19-17-5-4-15-12-16(26)6-9-23(15,2)18(17)7-10-24(19,3)22(14)21/h14-22,25-26H,4-13H2,1-3H3/t14-,15?,16?,17-,18+,19+,20?,21?,22+,23+,24+/m1/s1. The number of aliphatic hydroxyl groups excluding tert-OH is 2. The molecule has 3 nitrogen and oxygen atoms in total. The molecule has 0 bridgehead atoms. The van der Waals surface area contributed by atoms with E-state index in [9.17, 15) is 10.2 Å². The zero-order valence-corrected chi connectivity index (χ0v) is 17.6. The highest BCUT2D eigenvalue weighted by molar-refractivity contribution is 5.14. The van der Waals surface area contributed by atoms with Crippen molar-refractivity contribution in [3.8, 4) is 0 Å². The number of hydrogen-bond donors (Lipinski definition) is 2. The van der Waals surface area contributed by atoms with Crippen LogP contribution in [0.3, 0.4) is 0 Å². The second-order valence-electron chi connectivity index (χ2n) is 11.5. The summed E-state index contributed by atoms with van der Waals surface area (Å²) in [7, 11) is 0. The highest BCUT2D eigenvalue weighted by atomic mass is 16.5. The van der Waals surface area contributed by atoms with Crippen molar-refractivity contribution in [1.29, 1.82) is 0 Å². The molecule has 5 aliphatic rings. The number of ether oxygens (including phenoxy) is 1. The Labute approximate surface area is 165 Å². The van der Waals surface area contributed by atoms with Crippen molar-refractivity contribution in [2.45, 2.75) is 96.9 Å². The van der Waals surface area contributed by atoms with E-state index in [2.05, 4.69) is 20.8 Å². The molecule has 0 aromatic rings. The molecule has 0 spiro atoms. The van der Waals surface area contributed by atoms with Gasteiger partial charge in [0.1, 0.15) is 0 Å². The number of aliphatic hydroxyl groups is 2. The summed E-state index contributed by atoms with van der Waals surface area (Å²) >= 11 is 0. The van der Waals surface area contributed by atoms with E-state index < -0.39 is 0 Å². The summed E-state index contributed by atoms with van der Waals surface area (Å²) in [5, 5.41) is 19.6. The lowest BCUT2D eigenvalue weighted by Gasteiger charge is -2.61. The summed E-state index contributed by atoms with van der Waals surface area (Å²) in [6, 6.07) is 0. The second kappa shape index (κ2) is 6.44. The molecule has 1 heterocycles. The van der Waals surface area contributed by atoms with Crippen molar-refractivity contribution in [1.82, 2.24) is 0 Å². The molecule has 3 heteroatoms. The van der Waals surface area contributed by atoms with Crippen molar-refractivity contribution >= 4 is 0 Å². The minimum absolute atomic E-state index is 0.0444. The van der Waals surface area contributed by atoms with Crippen molar-refractivity contribution in [2.24, 2.45) is 46.3 Å². The van der Waals surface area contributed by atoms with E-state index in [0.29, 0.717) is 28.8 Å². The highest BCUT2D eigenvalue weighted by Gasteiger charge is 2.65. The lowest BCUT2D eigenvalue weighted by molar-refractivity contribution is -0.130. The summed E-state index contributed by atoms with van der Waals surface area (Å²) in [4.78, 5) is 0. The summed E-state index contributed by atoms with van der Waals surface area (Å²) in [5.41, 5.74) is 0.903. The van der Waals surface area contributed by atoms with Crippen LogP contribution in [0.25, 0.3) is 0 Å². The number of hydrogen-bond acceptors (Lipinski definition) is 3. The predicted octanol–water partition coefficient (Wildman–Crippen LogP) is 4.40. The van der Waals surface area contributed by atoms with Crippen molar-refractivity contribution < 1.29 is 14.9 Å². The van der Waals surface area contributed by atoms with Crippen molar-refractivity contribution in [2.75, 3.05) is 6.61 Å². The van der Waals surface area contributed by atoms with E-state index in [1.54, 1.807) is 0 Å². The Morgan fingerprint density at radius 1 is 0.963 bits per heavy atom. The smallest absolute Gasteiger partial charge is 0.0630 e. The molecule has 0 amide bonds. The summed E-state index contributed by atoms with van der Waals surface area (Å²) in [6.07, 6.45) is 11.5. The van der Waals surface area contributed by atoms with Crippen molar-refractivity contribution in [3.63, 3.8) is 0 Å². The Morgan fingerprint density at radius 2 is 1.74 bits per heavy atom. The van der Waals surface area contributed by atoms with Gasteiger partial charge in [0.15, 0.2) is 0 Å². The van der Waals surface area contributed by atoms with Crippen LogP contribution in [0.4, 0.5) is 0 Å². The van der Waals surface area contributed by atoms with E-state index in [0.717, 1.165) is 42.9 Å². The van der Waals surface area contributed by atoms with E-state index in [-0.39, 0.29) is 18.8 Å². The fourth-order valence-corrected chi connectivity index (χ4v) is 9.38. The third-order valence-electron chi connectivity index (χ3n) is 10.6. The molecule has 0 aromatic carbocycles. The van der Waals surface area contributed by atoms with Gasteiger partial charge in [-0.05, 0) is 104 Å². The van der Waals surface area contributed by atoms with Gasteiger partial charge in [0, 0.05) is 6.61 Å². The first-order valence-electron chi connectivity index (χ1n) is 11.8. The van der Waals surface area contributed by atoms with Crippen LogP contribution < -0.4 is 0 Å². The van der Waals surface area contributed by atoms with Gasteiger partial charge in [0.05, 0.1) is 18.3 Å². The predicted molar refractivity (Wildman–Crippen MR) is 106 cm³/mol. The number of rotatable bonds is 2. The molecule has 4 aliphatic carbocycles. The molecule has 1 aliphatic heterocycles. The zero-order valence-electron chi connectivity index (χ0n) is 17.6. The first kappa shape index (κ1) is 18.9. The molecule has 154 valence electrons. The fraction of sp³-hybridized carbons (Fsp3) is 1.00. The molecule has 2 N–H and O–H groups in total. The van der Waals surface area contributed by atoms with Gasteiger partial charge in [-0.15, -0.1) is 0 Å². The van der Waals surface area contributed by atoms with Gasteiger partial charge in [0.25, 0.3) is 0 Å². The van der Waals surface area contributed by atoms with Crippen LogP contribution in [0, 0.1) is 46.3 Å². The topological polar surface area (TPSA) is 49.7 Å². The fourth-order valence-electron chi connectivity index (χ4n) is 9.38. The summed E-state index contributed by atoms with van der Waals surface area (Å²) < 4.78 is 6.53. The summed E-state index contributed by atoms with van der Waals surface area (Å²) in [5.74, 6) is 4.59. The van der Waals surface area contributed by atoms with Crippen LogP contribution in [0.15, 0.2) is 0 Å². The Bertz CT molecular complexity index is 578. The third kappa shape index (κ3) is 2.56. The lowest BCUT2D eigenvalue weighted by atomic mass is 9.44. The third-order valence-corrected chi connectivity index (χ3v) is 10.6. The average Bonchev–Trinajstić information content (AvgIpc) is 3.10. The monoisotopic (exact) mass is 376 g/mol. The second-order valence-corrected chi connectivity index (χ2v) is 11.5. The molecular weight excluding hydrogens is 336 g/mol. The number of fused-ring (bicyclic) bond motifs is 7. The molecule has 27 heavy (non-hydrogen) atoms. The van der Waals surface area contributed by atoms with E-state index >= 15 is 0 Å². The molecule has 4 saturated carbocycles. The maximum Gasteiger partial charge on any atom is 0.0630 e. The van der Waals surface area contributed by atoms with Crippen LogP contribution >= 0.6 is 0 Å². The van der Waals surface area contributed by atoms with Gasteiger partial charge >= 0.3 is 0 Å². The molecular formula is C24H40O3. The molecule has 4 unspecified atom stereocenters. The van der Waals surface area contributed by atoms with Crippen LogP contribution in [0.5, 0.6) is 0 Å².